The molecule has 0 bridgehead atoms. The molecule has 0 saturated heterocycles. The molecule has 1 fully saturated rings. The van der Waals surface area contributed by atoms with Crippen molar-refractivity contribution in [1.82, 2.24) is 5.32 Å². The number of amides is 1. The molecule has 5 atom stereocenters. The lowest BCUT2D eigenvalue weighted by atomic mass is 10.1. The number of hydrogen-bond donors (Lipinski definition) is 2. The topological polar surface area (TPSA) is 86.3 Å². The van der Waals surface area contributed by atoms with Gasteiger partial charge in [-0.2, -0.15) is 0 Å². The van der Waals surface area contributed by atoms with Crippen molar-refractivity contribution in [2.75, 3.05) is 27.9 Å². The van der Waals surface area contributed by atoms with Crippen LogP contribution in [-0.4, -0.2) is 57.0 Å². The number of methoxy groups -OCH3 is 2. The summed E-state index contributed by atoms with van der Waals surface area (Å²) in [4.78, 5) is 21.1. The highest BCUT2D eigenvalue weighted by Gasteiger charge is 2.47. The Morgan fingerprint density at radius 3 is 2.50 bits per heavy atom. The molecule has 1 saturated carbocycles. The van der Waals surface area contributed by atoms with E-state index in [2.05, 4.69) is 5.32 Å². The monoisotopic (exact) mass is 327 g/mol. The van der Waals surface area contributed by atoms with E-state index < -0.39 is 18.9 Å². The van der Waals surface area contributed by atoms with Crippen LogP contribution in [0, 0.1) is 5.92 Å². The molecular weight excluding hydrogens is 305 g/mol. The van der Waals surface area contributed by atoms with Gasteiger partial charge in [0, 0.05) is 34.2 Å². The third kappa shape index (κ3) is 4.73. The Labute approximate surface area is 124 Å². The maximum atomic E-state index is 11.2. The third-order valence-electron chi connectivity index (χ3n) is 3.27. The van der Waals surface area contributed by atoms with Gasteiger partial charge in [0.1, 0.15) is 12.2 Å². The van der Waals surface area contributed by atoms with Crippen LogP contribution in [0.5, 0.6) is 0 Å². The summed E-state index contributed by atoms with van der Waals surface area (Å²) in [5.41, 5.74) is 0. The number of rotatable bonds is 7. The molecule has 7 nitrogen and oxygen atoms in total. The number of nitrogens with one attached hydrogen (secondary N) is 1. The van der Waals surface area contributed by atoms with Gasteiger partial charge < -0.3 is 28.7 Å². The molecule has 0 aromatic heterocycles. The smallest absolute Gasteiger partial charge is 0.324 e. The summed E-state index contributed by atoms with van der Waals surface area (Å²) in [5.74, 6) is -0.199. The zero-order valence-corrected chi connectivity index (χ0v) is 13.8. The van der Waals surface area contributed by atoms with E-state index in [1.54, 1.807) is 7.11 Å². The predicted octanol–water partition coefficient (Wildman–Crippen LogP) is 0.421. The normalized spacial score (nSPS) is 32.9. The van der Waals surface area contributed by atoms with Gasteiger partial charge in [0.05, 0.1) is 12.6 Å². The van der Waals surface area contributed by atoms with Gasteiger partial charge in [-0.3, -0.25) is 4.79 Å². The van der Waals surface area contributed by atoms with Crippen LogP contribution in [-0.2, 0) is 35.1 Å². The number of carbonyl (C=O) groups is 1. The first kappa shape index (κ1) is 18.0. The van der Waals surface area contributed by atoms with Crippen molar-refractivity contribution in [1.29, 1.82) is 0 Å². The Kier molecular flexibility index (Phi) is 7.00. The first-order valence-corrected chi connectivity index (χ1v) is 8.79. The minimum atomic E-state index is -3.31. The highest BCUT2D eigenvalue weighted by Crippen LogP contribution is 2.48. The summed E-state index contributed by atoms with van der Waals surface area (Å²) in [7, 11) is 4.41. The molecular formula is C11H22NO6PS. The van der Waals surface area contributed by atoms with Crippen molar-refractivity contribution < 1.29 is 28.2 Å². The summed E-state index contributed by atoms with van der Waals surface area (Å²) < 4.78 is 20.9. The molecule has 0 aromatic carbocycles. The number of hydrogen-bond acceptors (Lipinski definition) is 6. The van der Waals surface area contributed by atoms with Gasteiger partial charge in [0.15, 0.2) is 0 Å². The van der Waals surface area contributed by atoms with Crippen LogP contribution in [0.4, 0.5) is 0 Å². The maximum Gasteiger partial charge on any atom is 0.324 e. The van der Waals surface area contributed by atoms with Crippen LogP contribution in [0.25, 0.3) is 0 Å². The second kappa shape index (κ2) is 7.79. The molecule has 1 amide bonds. The molecule has 0 aliphatic heterocycles. The zero-order valence-electron chi connectivity index (χ0n) is 12.1. The van der Waals surface area contributed by atoms with E-state index in [1.807, 2.05) is 0 Å². The Morgan fingerprint density at radius 2 is 2.05 bits per heavy atom. The van der Waals surface area contributed by atoms with E-state index in [-0.39, 0.29) is 17.9 Å². The van der Waals surface area contributed by atoms with E-state index in [4.69, 9.17) is 30.3 Å². The van der Waals surface area contributed by atoms with Crippen molar-refractivity contribution in [3.63, 3.8) is 0 Å². The van der Waals surface area contributed by atoms with Gasteiger partial charge in [-0.1, -0.05) is 0 Å². The predicted molar refractivity (Wildman–Crippen MR) is 76.8 cm³/mol. The van der Waals surface area contributed by atoms with E-state index in [9.17, 15) is 9.69 Å². The van der Waals surface area contributed by atoms with Gasteiger partial charge in [0.2, 0.25) is 5.91 Å². The van der Waals surface area contributed by atoms with Crippen LogP contribution >= 0.6 is 6.72 Å². The SMILES string of the molecule is COC[C@H]1C[C@@H](NC(C)=O)[C@@H](OC)C1OP(O)(=S)OC. The largest absolute Gasteiger partial charge is 0.384 e. The fourth-order valence-electron chi connectivity index (χ4n) is 2.51. The van der Waals surface area contributed by atoms with Gasteiger partial charge in [-0.25, -0.2) is 0 Å². The summed E-state index contributed by atoms with van der Waals surface area (Å²) in [6, 6.07) is -0.213. The fourth-order valence-corrected chi connectivity index (χ4v) is 3.50. The van der Waals surface area contributed by atoms with Crippen LogP contribution < -0.4 is 5.32 Å². The molecule has 0 spiro atoms. The zero-order chi connectivity index (χ0) is 15.3. The third-order valence-corrected chi connectivity index (χ3v) is 4.95. The Balaban J connectivity index is 2.89. The summed E-state index contributed by atoms with van der Waals surface area (Å²) in [5, 5.41) is 2.82. The number of ether oxygens (including phenoxy) is 2. The highest BCUT2D eigenvalue weighted by molar-refractivity contribution is 8.07. The lowest BCUT2D eigenvalue weighted by molar-refractivity contribution is -0.120. The fraction of sp³-hybridized carbons (Fsp3) is 0.909. The van der Waals surface area contributed by atoms with Crippen LogP contribution in [0.1, 0.15) is 13.3 Å². The molecule has 1 aliphatic rings. The van der Waals surface area contributed by atoms with E-state index in [0.29, 0.717) is 13.0 Å². The first-order chi connectivity index (χ1) is 9.34. The molecule has 1 rings (SSSR count). The average molecular weight is 327 g/mol. The summed E-state index contributed by atoms with van der Waals surface area (Å²) >= 11 is 4.88. The standard InChI is InChI=1S/C11H22NO6PS/c1-7(13)12-9-5-8(6-15-2)10(11(9)16-3)18-19(14,20)17-4/h8-11H,5-6H2,1-4H3,(H,12,13)(H,14,20)/t8-,9-,10?,11-,19?/m1/s1. The summed E-state index contributed by atoms with van der Waals surface area (Å²) in [6.07, 6.45) is -0.286. The first-order valence-electron chi connectivity index (χ1n) is 6.20. The molecule has 20 heavy (non-hydrogen) atoms. The van der Waals surface area contributed by atoms with Crippen molar-refractivity contribution in [3.05, 3.63) is 0 Å². The Hall–Kier alpha value is -0.0800. The molecule has 0 heterocycles. The second-order valence-corrected chi connectivity index (χ2v) is 7.58. The quantitative estimate of drug-likeness (QED) is 0.655. The number of carbonyl (C=O) groups excluding carboxylic acids is 1. The molecule has 2 N–H and O–H groups in total. The van der Waals surface area contributed by atoms with Crippen LogP contribution in [0.15, 0.2) is 0 Å². The molecule has 1 aliphatic carbocycles. The van der Waals surface area contributed by atoms with E-state index in [1.165, 1.54) is 21.1 Å². The van der Waals surface area contributed by atoms with Crippen molar-refractivity contribution in [2.24, 2.45) is 5.92 Å². The van der Waals surface area contributed by atoms with Gasteiger partial charge in [0.25, 0.3) is 0 Å². The minimum Gasteiger partial charge on any atom is -0.384 e. The molecule has 2 unspecified atom stereocenters. The average Bonchev–Trinajstić information content (AvgIpc) is 2.66. The highest BCUT2D eigenvalue weighted by atomic mass is 32.5. The van der Waals surface area contributed by atoms with Gasteiger partial charge in [-0.05, 0) is 18.2 Å². The Morgan fingerprint density at radius 1 is 1.40 bits per heavy atom. The second-order valence-electron chi connectivity index (χ2n) is 4.68. The van der Waals surface area contributed by atoms with Crippen molar-refractivity contribution >= 4 is 24.4 Å². The van der Waals surface area contributed by atoms with Gasteiger partial charge >= 0.3 is 6.72 Å². The molecule has 118 valence electrons. The van der Waals surface area contributed by atoms with Crippen LogP contribution in [0.3, 0.4) is 0 Å². The van der Waals surface area contributed by atoms with E-state index >= 15 is 0 Å². The molecule has 9 heteroatoms. The lowest BCUT2D eigenvalue weighted by Crippen LogP contribution is -2.44. The van der Waals surface area contributed by atoms with Crippen molar-refractivity contribution in [3.8, 4) is 0 Å². The lowest BCUT2D eigenvalue weighted by Gasteiger charge is -2.28. The van der Waals surface area contributed by atoms with Crippen molar-refractivity contribution in [2.45, 2.75) is 31.6 Å². The Bertz CT molecular complexity index is 382. The molecule has 0 radical (unpaired) electrons. The molecule has 0 aromatic rings. The minimum absolute atomic E-state index is 0.0496. The van der Waals surface area contributed by atoms with Crippen LogP contribution in [0.2, 0.25) is 0 Å². The summed E-state index contributed by atoms with van der Waals surface area (Å²) in [6.45, 7) is -1.45. The maximum absolute atomic E-state index is 11.2. The van der Waals surface area contributed by atoms with E-state index in [0.717, 1.165) is 0 Å². The van der Waals surface area contributed by atoms with Gasteiger partial charge in [-0.15, -0.1) is 0 Å².